The van der Waals surface area contributed by atoms with E-state index in [1.807, 2.05) is 30.0 Å². The molecule has 1 aromatic carbocycles. The van der Waals surface area contributed by atoms with E-state index in [0.29, 0.717) is 6.04 Å². The summed E-state index contributed by atoms with van der Waals surface area (Å²) in [6, 6.07) is 6.02. The van der Waals surface area contributed by atoms with Gasteiger partial charge in [-0.05, 0) is 62.8 Å². The van der Waals surface area contributed by atoms with Crippen LogP contribution in [0.2, 0.25) is 0 Å². The van der Waals surface area contributed by atoms with Gasteiger partial charge in [0.25, 0.3) is 0 Å². The highest BCUT2D eigenvalue weighted by Crippen LogP contribution is 2.24. The number of likely N-dealkylation sites (tertiary alicyclic amines) is 1. The first-order valence-corrected chi connectivity index (χ1v) is 8.37. The molecule has 2 amide bonds. The number of nitrogens with zero attached hydrogens (tertiary/aromatic N) is 1. The normalized spacial score (nSPS) is 17.9. The van der Waals surface area contributed by atoms with Crippen LogP contribution in [0.3, 0.4) is 0 Å². The third-order valence-corrected chi connectivity index (χ3v) is 4.45. The fourth-order valence-corrected chi connectivity index (χ4v) is 3.12. The van der Waals surface area contributed by atoms with Crippen molar-refractivity contribution in [1.82, 2.24) is 4.90 Å². The maximum absolute atomic E-state index is 12.7. The van der Waals surface area contributed by atoms with Gasteiger partial charge in [-0.3, -0.25) is 0 Å². The summed E-state index contributed by atoms with van der Waals surface area (Å²) < 4.78 is 10.3. The number of hydrogen-bond donors (Lipinski definition) is 1. The van der Waals surface area contributed by atoms with Crippen LogP contribution in [0.15, 0.2) is 18.2 Å². The number of carbonyl (C=O) groups is 1. The predicted molar refractivity (Wildman–Crippen MR) is 92.2 cm³/mol. The Bertz CT molecular complexity index is 519. The van der Waals surface area contributed by atoms with Crippen LogP contribution in [0.5, 0.6) is 5.75 Å². The molecule has 1 fully saturated rings. The molecule has 1 saturated heterocycles. The first-order valence-electron chi connectivity index (χ1n) is 8.37. The molecule has 0 bridgehead atoms. The second kappa shape index (κ2) is 8.77. The number of ether oxygens (including phenoxy) is 2. The molecule has 2 rings (SSSR count). The van der Waals surface area contributed by atoms with Gasteiger partial charge < -0.3 is 19.7 Å². The summed E-state index contributed by atoms with van der Waals surface area (Å²) in [6.45, 7) is 3.56. The lowest BCUT2D eigenvalue weighted by molar-refractivity contribution is 0.141. The van der Waals surface area contributed by atoms with E-state index in [4.69, 9.17) is 9.47 Å². The van der Waals surface area contributed by atoms with E-state index in [0.717, 1.165) is 55.8 Å². The number of urea groups is 1. The van der Waals surface area contributed by atoms with Crippen molar-refractivity contribution in [2.75, 3.05) is 32.7 Å². The highest BCUT2D eigenvalue weighted by molar-refractivity contribution is 5.90. The Morgan fingerprint density at radius 1 is 1.35 bits per heavy atom. The van der Waals surface area contributed by atoms with Crippen molar-refractivity contribution < 1.29 is 14.3 Å². The predicted octanol–water partition coefficient (Wildman–Crippen LogP) is 3.82. The maximum atomic E-state index is 12.7. The summed E-state index contributed by atoms with van der Waals surface area (Å²) in [4.78, 5) is 14.7. The summed E-state index contributed by atoms with van der Waals surface area (Å²) >= 11 is 0. The van der Waals surface area contributed by atoms with Crippen molar-refractivity contribution in [3.05, 3.63) is 23.8 Å². The molecule has 1 aliphatic rings. The van der Waals surface area contributed by atoms with Crippen LogP contribution in [-0.2, 0) is 4.74 Å². The van der Waals surface area contributed by atoms with Gasteiger partial charge in [0.1, 0.15) is 5.75 Å². The van der Waals surface area contributed by atoms with E-state index in [9.17, 15) is 4.79 Å². The van der Waals surface area contributed by atoms with Crippen LogP contribution < -0.4 is 10.1 Å². The molecule has 1 atom stereocenters. The summed E-state index contributed by atoms with van der Waals surface area (Å²) in [7, 11) is 3.36. The van der Waals surface area contributed by atoms with Gasteiger partial charge in [-0.25, -0.2) is 4.79 Å². The largest absolute Gasteiger partial charge is 0.497 e. The van der Waals surface area contributed by atoms with Crippen LogP contribution in [0.1, 0.15) is 37.7 Å². The number of rotatable bonds is 6. The van der Waals surface area contributed by atoms with E-state index >= 15 is 0 Å². The zero-order valence-electron chi connectivity index (χ0n) is 14.4. The van der Waals surface area contributed by atoms with Crippen LogP contribution >= 0.6 is 0 Å². The van der Waals surface area contributed by atoms with Gasteiger partial charge >= 0.3 is 6.03 Å². The van der Waals surface area contributed by atoms with Crippen molar-refractivity contribution in [2.45, 2.75) is 45.1 Å². The van der Waals surface area contributed by atoms with Crippen molar-refractivity contribution in [2.24, 2.45) is 0 Å². The molecule has 128 valence electrons. The molecule has 1 heterocycles. The second-order valence-corrected chi connectivity index (χ2v) is 6.09. The van der Waals surface area contributed by atoms with Gasteiger partial charge in [-0.1, -0.05) is 0 Å². The van der Waals surface area contributed by atoms with Crippen LogP contribution in [-0.4, -0.2) is 44.3 Å². The Morgan fingerprint density at radius 2 is 2.17 bits per heavy atom. The number of amides is 2. The number of methoxy groups -OCH3 is 2. The van der Waals surface area contributed by atoms with Gasteiger partial charge in [0, 0.05) is 32.0 Å². The van der Waals surface area contributed by atoms with Crippen molar-refractivity contribution in [3.63, 3.8) is 0 Å². The van der Waals surface area contributed by atoms with Gasteiger partial charge in [-0.2, -0.15) is 0 Å². The minimum absolute atomic E-state index is 0.000355. The monoisotopic (exact) mass is 320 g/mol. The molecule has 1 aliphatic heterocycles. The Labute approximate surface area is 139 Å². The average Bonchev–Trinajstić information content (AvgIpc) is 2.57. The Kier molecular flexibility index (Phi) is 6.71. The topological polar surface area (TPSA) is 50.8 Å². The lowest BCUT2D eigenvalue weighted by Gasteiger charge is -2.36. The molecular weight excluding hydrogens is 292 g/mol. The van der Waals surface area contributed by atoms with E-state index in [1.54, 1.807) is 14.2 Å². The molecule has 0 radical (unpaired) electrons. The van der Waals surface area contributed by atoms with Gasteiger partial charge in [0.2, 0.25) is 0 Å². The second-order valence-electron chi connectivity index (χ2n) is 6.09. The quantitative estimate of drug-likeness (QED) is 0.811. The number of aryl methyl sites for hydroxylation is 1. The molecule has 0 saturated carbocycles. The third-order valence-electron chi connectivity index (χ3n) is 4.45. The molecule has 1 N–H and O–H groups in total. The first-order chi connectivity index (χ1) is 11.2. The van der Waals surface area contributed by atoms with Gasteiger partial charge in [0.05, 0.1) is 7.11 Å². The molecule has 0 unspecified atom stereocenters. The molecular formula is C18H28N2O3. The number of carbonyl (C=O) groups excluding carboxylic acids is 1. The summed E-state index contributed by atoms with van der Waals surface area (Å²) in [6.07, 6.45) is 5.35. The number of benzene rings is 1. The highest BCUT2D eigenvalue weighted by Gasteiger charge is 2.26. The van der Waals surface area contributed by atoms with E-state index in [1.165, 1.54) is 6.42 Å². The zero-order valence-corrected chi connectivity index (χ0v) is 14.4. The lowest BCUT2D eigenvalue weighted by atomic mass is 9.98. The van der Waals surface area contributed by atoms with Crippen molar-refractivity contribution in [1.29, 1.82) is 0 Å². The lowest BCUT2D eigenvalue weighted by Crippen LogP contribution is -2.46. The Balaban J connectivity index is 1.99. The van der Waals surface area contributed by atoms with Gasteiger partial charge in [0.15, 0.2) is 0 Å². The Hall–Kier alpha value is -1.75. The van der Waals surface area contributed by atoms with Crippen LogP contribution in [0.4, 0.5) is 10.5 Å². The van der Waals surface area contributed by atoms with Crippen LogP contribution in [0.25, 0.3) is 0 Å². The SMILES string of the molecule is COCCC[C@@H]1CCCCN1C(=O)Nc1ccc(OC)cc1C. The first kappa shape index (κ1) is 17.6. The number of nitrogens with one attached hydrogen (secondary N) is 1. The third kappa shape index (κ3) is 4.86. The van der Waals surface area contributed by atoms with Crippen molar-refractivity contribution >= 4 is 11.7 Å². The minimum atomic E-state index is 0.000355. The molecule has 23 heavy (non-hydrogen) atoms. The summed E-state index contributed by atoms with van der Waals surface area (Å²) in [5.74, 6) is 0.802. The molecule has 5 heteroatoms. The van der Waals surface area contributed by atoms with E-state index < -0.39 is 0 Å². The summed E-state index contributed by atoms with van der Waals surface area (Å²) in [5, 5.41) is 3.05. The minimum Gasteiger partial charge on any atom is -0.497 e. The van der Waals surface area contributed by atoms with E-state index in [-0.39, 0.29) is 6.03 Å². The highest BCUT2D eigenvalue weighted by atomic mass is 16.5. The standard InChI is InChI=1S/C18H28N2O3/c1-14-13-16(23-3)9-10-17(14)19-18(21)20-11-5-4-7-15(20)8-6-12-22-2/h9-10,13,15H,4-8,11-12H2,1-3H3,(H,19,21)/t15-/m0/s1. The molecule has 5 nitrogen and oxygen atoms in total. The summed E-state index contributed by atoms with van der Waals surface area (Å²) in [5.41, 5.74) is 1.85. The Morgan fingerprint density at radius 3 is 2.87 bits per heavy atom. The molecule has 1 aromatic rings. The fourth-order valence-electron chi connectivity index (χ4n) is 3.12. The molecule has 0 aromatic heterocycles. The molecule has 0 spiro atoms. The molecule has 0 aliphatic carbocycles. The van der Waals surface area contributed by atoms with Crippen LogP contribution in [0, 0.1) is 6.92 Å². The number of anilines is 1. The van der Waals surface area contributed by atoms with Gasteiger partial charge in [-0.15, -0.1) is 0 Å². The average molecular weight is 320 g/mol. The van der Waals surface area contributed by atoms with Crippen molar-refractivity contribution in [3.8, 4) is 5.75 Å². The fraction of sp³-hybridized carbons (Fsp3) is 0.611. The number of hydrogen-bond acceptors (Lipinski definition) is 3. The van der Waals surface area contributed by atoms with E-state index in [2.05, 4.69) is 5.32 Å². The zero-order chi connectivity index (χ0) is 16.7. The smallest absolute Gasteiger partial charge is 0.322 e. The maximum Gasteiger partial charge on any atom is 0.322 e. The number of piperidine rings is 1.